The number of halogens is 3. The van der Waals surface area contributed by atoms with E-state index >= 15 is 0 Å². The molecule has 0 saturated heterocycles. The molecule has 0 bridgehead atoms. The van der Waals surface area contributed by atoms with Crippen molar-refractivity contribution in [3.05, 3.63) is 28.8 Å². The highest BCUT2D eigenvalue weighted by atomic mass is 35.5. The summed E-state index contributed by atoms with van der Waals surface area (Å²) in [7, 11) is 0. The van der Waals surface area contributed by atoms with Crippen molar-refractivity contribution in [3.63, 3.8) is 0 Å². The Bertz CT molecular complexity index is 350. The number of ether oxygens (including phenoxy) is 1. The summed E-state index contributed by atoms with van der Waals surface area (Å²) in [5.74, 6) is -0.173. The third-order valence-electron chi connectivity index (χ3n) is 1.46. The number of carbonyl (C=O) groups is 1. The zero-order valence-corrected chi connectivity index (χ0v) is 9.53. The zero-order chi connectivity index (χ0) is 10.7. The average molecular weight is 254 g/mol. The number of esters is 1. The lowest BCUT2D eigenvalue weighted by molar-refractivity contribution is -0.131. The molecule has 1 rings (SSSR count). The van der Waals surface area contributed by atoms with Crippen molar-refractivity contribution >= 4 is 40.8 Å². The molecular weight excluding hydrogens is 246 g/mol. The predicted molar refractivity (Wildman–Crippen MR) is 57.2 cm³/mol. The van der Waals surface area contributed by atoms with E-state index in [0.717, 1.165) is 0 Å². The molecule has 0 N–H and O–H groups in total. The first-order valence-corrected chi connectivity index (χ1v) is 5.02. The number of hydrogen-bond acceptors (Lipinski definition) is 2. The van der Waals surface area contributed by atoms with Crippen LogP contribution in [0.4, 0.5) is 0 Å². The van der Waals surface area contributed by atoms with Gasteiger partial charge in [0, 0.05) is 6.92 Å². The van der Waals surface area contributed by atoms with Crippen LogP contribution in [0.25, 0.3) is 0 Å². The van der Waals surface area contributed by atoms with Crippen LogP contribution >= 0.6 is 34.8 Å². The number of hydrogen-bond donors (Lipinski definition) is 0. The van der Waals surface area contributed by atoms with E-state index in [-0.39, 0.29) is 5.75 Å². The second kappa shape index (κ2) is 4.87. The second-order valence-corrected chi connectivity index (χ2v) is 4.09. The molecule has 0 heterocycles. The third kappa shape index (κ3) is 3.05. The Labute approximate surface area is 96.7 Å². The molecule has 2 nitrogen and oxygen atoms in total. The van der Waals surface area contributed by atoms with Crippen LogP contribution in [0.5, 0.6) is 5.75 Å². The minimum Gasteiger partial charge on any atom is -0.425 e. The molecule has 0 aromatic heterocycles. The van der Waals surface area contributed by atoms with E-state index in [2.05, 4.69) is 0 Å². The molecule has 1 aromatic rings. The summed E-state index contributed by atoms with van der Waals surface area (Å²) in [6.45, 7) is 1.29. The SMILES string of the molecule is CC(=O)Oc1cc(C(Cl)Cl)ccc1Cl. The Hall–Kier alpha value is -0.440. The lowest BCUT2D eigenvalue weighted by Gasteiger charge is -2.07. The van der Waals surface area contributed by atoms with Gasteiger partial charge in [0.15, 0.2) is 0 Å². The molecule has 0 aliphatic rings. The molecule has 76 valence electrons. The van der Waals surface area contributed by atoms with Gasteiger partial charge < -0.3 is 4.74 Å². The summed E-state index contributed by atoms with van der Waals surface area (Å²) in [6.07, 6.45) is 0. The highest BCUT2D eigenvalue weighted by molar-refractivity contribution is 6.44. The fraction of sp³-hybridized carbons (Fsp3) is 0.222. The largest absolute Gasteiger partial charge is 0.425 e. The first-order chi connectivity index (χ1) is 6.50. The molecule has 0 amide bonds. The summed E-state index contributed by atoms with van der Waals surface area (Å²) in [6, 6.07) is 4.78. The van der Waals surface area contributed by atoms with Crippen LogP contribution in [0, 0.1) is 0 Å². The van der Waals surface area contributed by atoms with E-state index in [1.807, 2.05) is 0 Å². The highest BCUT2D eigenvalue weighted by Gasteiger charge is 2.09. The van der Waals surface area contributed by atoms with Gasteiger partial charge in [-0.2, -0.15) is 0 Å². The molecule has 1 aromatic carbocycles. The molecule has 0 unspecified atom stereocenters. The molecular formula is C9H7Cl3O2. The van der Waals surface area contributed by atoms with Crippen LogP contribution in [-0.4, -0.2) is 5.97 Å². The molecule has 0 radical (unpaired) electrons. The molecule has 5 heteroatoms. The van der Waals surface area contributed by atoms with Gasteiger partial charge >= 0.3 is 5.97 Å². The molecule has 14 heavy (non-hydrogen) atoms. The average Bonchev–Trinajstić information content (AvgIpc) is 2.07. The summed E-state index contributed by atoms with van der Waals surface area (Å²) in [5.41, 5.74) is 0.633. The summed E-state index contributed by atoms with van der Waals surface area (Å²) in [5, 5.41) is 0.345. The van der Waals surface area contributed by atoms with Crippen molar-refractivity contribution < 1.29 is 9.53 Å². The highest BCUT2D eigenvalue weighted by Crippen LogP contribution is 2.32. The van der Waals surface area contributed by atoms with Crippen LogP contribution < -0.4 is 4.74 Å². The lowest BCUT2D eigenvalue weighted by Crippen LogP contribution is -2.02. The van der Waals surface area contributed by atoms with Crippen molar-refractivity contribution in [1.29, 1.82) is 0 Å². The van der Waals surface area contributed by atoms with E-state index in [4.69, 9.17) is 39.5 Å². The van der Waals surface area contributed by atoms with E-state index in [1.165, 1.54) is 13.0 Å². The van der Waals surface area contributed by atoms with Crippen molar-refractivity contribution in [2.75, 3.05) is 0 Å². The molecule has 0 spiro atoms. The normalized spacial score (nSPS) is 10.4. The summed E-state index contributed by atoms with van der Waals surface area (Å²) >= 11 is 17.1. The third-order valence-corrected chi connectivity index (χ3v) is 2.28. The Kier molecular flexibility index (Phi) is 4.05. The molecule has 0 atom stereocenters. The lowest BCUT2D eigenvalue weighted by atomic mass is 10.2. The van der Waals surface area contributed by atoms with Gasteiger partial charge in [0.1, 0.15) is 10.6 Å². The van der Waals surface area contributed by atoms with E-state index in [1.54, 1.807) is 12.1 Å². The maximum absolute atomic E-state index is 10.7. The minimum absolute atomic E-state index is 0.267. The Morgan fingerprint density at radius 1 is 1.43 bits per heavy atom. The maximum Gasteiger partial charge on any atom is 0.308 e. The van der Waals surface area contributed by atoms with Gasteiger partial charge in [-0.1, -0.05) is 17.7 Å². The summed E-state index contributed by atoms with van der Waals surface area (Å²) in [4.78, 5) is 10.0. The van der Waals surface area contributed by atoms with Crippen LogP contribution in [0.2, 0.25) is 5.02 Å². The van der Waals surface area contributed by atoms with Crippen LogP contribution in [0.15, 0.2) is 18.2 Å². The van der Waals surface area contributed by atoms with Gasteiger partial charge in [-0.15, -0.1) is 23.2 Å². The van der Waals surface area contributed by atoms with Crippen molar-refractivity contribution in [1.82, 2.24) is 0 Å². The van der Waals surface area contributed by atoms with E-state index in [0.29, 0.717) is 10.6 Å². The van der Waals surface area contributed by atoms with Gasteiger partial charge in [0.25, 0.3) is 0 Å². The second-order valence-electron chi connectivity index (χ2n) is 2.58. The number of rotatable bonds is 2. The van der Waals surface area contributed by atoms with Gasteiger partial charge in [-0.05, 0) is 17.7 Å². The molecule has 0 aliphatic carbocycles. The van der Waals surface area contributed by atoms with Crippen molar-refractivity contribution in [2.24, 2.45) is 0 Å². The Morgan fingerprint density at radius 2 is 2.07 bits per heavy atom. The quantitative estimate of drug-likeness (QED) is 0.456. The first kappa shape index (κ1) is 11.6. The van der Waals surface area contributed by atoms with E-state index in [9.17, 15) is 4.79 Å². The number of carbonyl (C=O) groups excluding carboxylic acids is 1. The van der Waals surface area contributed by atoms with Gasteiger partial charge in [-0.3, -0.25) is 4.79 Å². The Morgan fingerprint density at radius 3 is 2.57 bits per heavy atom. The smallest absolute Gasteiger partial charge is 0.308 e. The summed E-state index contributed by atoms with van der Waals surface area (Å²) < 4.78 is 4.85. The first-order valence-electron chi connectivity index (χ1n) is 3.76. The zero-order valence-electron chi connectivity index (χ0n) is 7.26. The monoisotopic (exact) mass is 252 g/mol. The van der Waals surface area contributed by atoms with Gasteiger partial charge in [-0.25, -0.2) is 0 Å². The standard InChI is InChI=1S/C9H7Cl3O2/c1-5(13)14-8-4-6(9(11)12)2-3-7(8)10/h2-4,9H,1H3. The number of benzene rings is 1. The van der Waals surface area contributed by atoms with Crippen LogP contribution in [0.1, 0.15) is 17.3 Å². The molecule has 0 aliphatic heterocycles. The topological polar surface area (TPSA) is 26.3 Å². The van der Waals surface area contributed by atoms with E-state index < -0.39 is 10.8 Å². The minimum atomic E-state index is -0.665. The number of alkyl halides is 2. The Balaban J connectivity index is 3.02. The fourth-order valence-electron chi connectivity index (χ4n) is 0.889. The molecule has 0 fully saturated rings. The fourth-order valence-corrected chi connectivity index (χ4v) is 1.32. The van der Waals surface area contributed by atoms with Gasteiger partial charge in [0.05, 0.1) is 5.02 Å². The van der Waals surface area contributed by atoms with Crippen molar-refractivity contribution in [3.8, 4) is 5.75 Å². The van der Waals surface area contributed by atoms with Gasteiger partial charge in [0.2, 0.25) is 0 Å². The molecule has 0 saturated carbocycles. The van der Waals surface area contributed by atoms with Crippen LogP contribution in [-0.2, 0) is 4.79 Å². The maximum atomic E-state index is 10.7. The predicted octanol–water partition coefficient (Wildman–Crippen LogP) is 3.74. The van der Waals surface area contributed by atoms with Crippen LogP contribution in [0.3, 0.4) is 0 Å². The van der Waals surface area contributed by atoms with Crippen molar-refractivity contribution in [2.45, 2.75) is 11.8 Å².